The van der Waals surface area contributed by atoms with Gasteiger partial charge < -0.3 is 0 Å². The minimum atomic E-state index is -0.996. The third-order valence-corrected chi connectivity index (χ3v) is 4.56. The molecule has 3 heteroatoms. The Morgan fingerprint density at radius 3 is 2.28 bits per heavy atom. The van der Waals surface area contributed by atoms with Gasteiger partial charge in [0, 0.05) is 16.6 Å². The third-order valence-electron chi connectivity index (χ3n) is 2.89. The fourth-order valence-corrected chi connectivity index (χ4v) is 2.98. The molecular weight excluding hydrogens is 247 g/mol. The predicted molar refractivity (Wildman–Crippen MR) is 73.1 cm³/mol. The van der Waals surface area contributed by atoms with Crippen LogP contribution in [0.2, 0.25) is 0 Å². The molecule has 0 aromatic heterocycles. The fourth-order valence-electron chi connectivity index (χ4n) is 1.75. The smallest absolute Gasteiger partial charge is 0.123 e. The van der Waals surface area contributed by atoms with Crippen molar-refractivity contribution in [1.82, 2.24) is 0 Å². The molecule has 0 unspecified atom stereocenters. The molecule has 2 rings (SSSR count). The summed E-state index contributed by atoms with van der Waals surface area (Å²) in [6, 6.07) is 16.0. The summed E-state index contributed by atoms with van der Waals surface area (Å²) >= 11 is 0. The molecule has 0 aliphatic rings. The molecule has 0 spiro atoms. The van der Waals surface area contributed by atoms with Gasteiger partial charge in [-0.1, -0.05) is 42.5 Å². The monoisotopic (exact) mass is 262 g/mol. The molecule has 94 valence electrons. The van der Waals surface area contributed by atoms with Crippen molar-refractivity contribution in [3.63, 3.8) is 0 Å². The van der Waals surface area contributed by atoms with Gasteiger partial charge in [0.15, 0.2) is 0 Å². The molecule has 0 amide bonds. The molecule has 0 aliphatic heterocycles. The highest BCUT2D eigenvalue weighted by Gasteiger charge is 2.13. The van der Waals surface area contributed by atoms with Crippen LogP contribution in [-0.4, -0.2) is 4.21 Å². The van der Waals surface area contributed by atoms with Crippen molar-refractivity contribution in [3.8, 4) is 0 Å². The molecule has 0 N–H and O–H groups in total. The van der Waals surface area contributed by atoms with Crippen LogP contribution in [0.4, 0.5) is 4.39 Å². The maximum Gasteiger partial charge on any atom is 0.123 e. The largest absolute Gasteiger partial charge is 0.259 e. The van der Waals surface area contributed by atoms with Gasteiger partial charge >= 0.3 is 0 Å². The first-order valence-corrected chi connectivity index (χ1v) is 7.21. The van der Waals surface area contributed by atoms with Crippen LogP contribution in [0.3, 0.4) is 0 Å². The first-order chi connectivity index (χ1) is 8.66. The van der Waals surface area contributed by atoms with Gasteiger partial charge in [-0.25, -0.2) is 4.39 Å². The Hall–Kier alpha value is -1.48. The van der Waals surface area contributed by atoms with E-state index >= 15 is 0 Å². The van der Waals surface area contributed by atoms with Crippen LogP contribution in [0.5, 0.6) is 0 Å². The van der Waals surface area contributed by atoms with Gasteiger partial charge in [-0.2, -0.15) is 0 Å². The molecule has 2 aromatic carbocycles. The van der Waals surface area contributed by atoms with Crippen molar-refractivity contribution in [2.24, 2.45) is 0 Å². The van der Waals surface area contributed by atoms with Gasteiger partial charge in [0.1, 0.15) is 5.82 Å². The molecular formula is C15H15FOS. The van der Waals surface area contributed by atoms with Crippen LogP contribution >= 0.6 is 0 Å². The normalized spacial score (nSPS) is 14.1. The van der Waals surface area contributed by atoms with E-state index in [-0.39, 0.29) is 11.1 Å². The van der Waals surface area contributed by atoms with Crippen LogP contribution in [-0.2, 0) is 16.6 Å². The van der Waals surface area contributed by atoms with Crippen molar-refractivity contribution in [2.45, 2.75) is 17.9 Å². The van der Waals surface area contributed by atoms with Gasteiger partial charge in [-0.05, 0) is 30.2 Å². The van der Waals surface area contributed by atoms with Crippen LogP contribution in [0.25, 0.3) is 0 Å². The zero-order chi connectivity index (χ0) is 13.0. The fraction of sp³-hybridized carbons (Fsp3) is 0.200. The average molecular weight is 262 g/mol. The van der Waals surface area contributed by atoms with E-state index in [0.29, 0.717) is 5.75 Å². The topological polar surface area (TPSA) is 17.1 Å². The standard InChI is InChI=1S/C15H15FOS/c1-12(14-7-9-15(16)10-8-14)18(17)11-13-5-3-2-4-6-13/h2-10,12H,11H2,1H3/t12-,18+/m0/s1. The Morgan fingerprint density at radius 1 is 1.06 bits per heavy atom. The minimum Gasteiger partial charge on any atom is -0.259 e. The maximum absolute atomic E-state index is 12.8. The van der Waals surface area contributed by atoms with Crippen LogP contribution in [0, 0.1) is 5.82 Å². The Balaban J connectivity index is 2.07. The van der Waals surface area contributed by atoms with E-state index in [1.165, 1.54) is 12.1 Å². The summed E-state index contributed by atoms with van der Waals surface area (Å²) in [5.74, 6) is 0.263. The van der Waals surface area contributed by atoms with Crippen LogP contribution < -0.4 is 0 Å². The summed E-state index contributed by atoms with van der Waals surface area (Å²) in [5, 5.41) is -0.0918. The van der Waals surface area contributed by atoms with Crippen molar-refractivity contribution < 1.29 is 8.60 Å². The van der Waals surface area contributed by atoms with E-state index in [1.807, 2.05) is 37.3 Å². The molecule has 0 bridgehead atoms. The quantitative estimate of drug-likeness (QED) is 0.818. The number of rotatable bonds is 4. The second kappa shape index (κ2) is 5.91. The van der Waals surface area contributed by atoms with Crippen molar-refractivity contribution in [2.75, 3.05) is 0 Å². The van der Waals surface area contributed by atoms with Crippen LogP contribution in [0.15, 0.2) is 54.6 Å². The van der Waals surface area contributed by atoms with Gasteiger partial charge in [0.05, 0.1) is 5.25 Å². The molecule has 0 heterocycles. The van der Waals surface area contributed by atoms with E-state index in [9.17, 15) is 8.60 Å². The third kappa shape index (κ3) is 3.26. The predicted octanol–water partition coefficient (Wildman–Crippen LogP) is 3.84. The highest BCUT2D eigenvalue weighted by atomic mass is 32.2. The maximum atomic E-state index is 12.8. The van der Waals surface area contributed by atoms with E-state index < -0.39 is 10.8 Å². The number of hydrogen-bond donors (Lipinski definition) is 0. The lowest BCUT2D eigenvalue weighted by atomic mass is 10.2. The average Bonchev–Trinajstić information content (AvgIpc) is 2.40. The summed E-state index contributed by atoms with van der Waals surface area (Å²) in [6.07, 6.45) is 0. The molecule has 1 nitrogen and oxygen atoms in total. The summed E-state index contributed by atoms with van der Waals surface area (Å²) < 4.78 is 25.0. The zero-order valence-corrected chi connectivity index (χ0v) is 11.0. The lowest BCUT2D eigenvalue weighted by Gasteiger charge is -2.11. The molecule has 0 saturated heterocycles. The Labute approximate surface area is 109 Å². The van der Waals surface area contributed by atoms with Crippen molar-refractivity contribution in [1.29, 1.82) is 0 Å². The first kappa shape index (κ1) is 13.0. The molecule has 18 heavy (non-hydrogen) atoms. The molecule has 0 radical (unpaired) electrons. The van der Waals surface area contributed by atoms with Gasteiger partial charge in [-0.3, -0.25) is 4.21 Å². The minimum absolute atomic E-state index is 0.0918. The Kier molecular flexibility index (Phi) is 4.26. The van der Waals surface area contributed by atoms with Gasteiger partial charge in [0.2, 0.25) is 0 Å². The van der Waals surface area contributed by atoms with Gasteiger partial charge in [0.25, 0.3) is 0 Å². The van der Waals surface area contributed by atoms with Crippen molar-refractivity contribution in [3.05, 3.63) is 71.5 Å². The van der Waals surface area contributed by atoms with E-state index in [2.05, 4.69) is 0 Å². The molecule has 2 aromatic rings. The molecule has 0 aliphatic carbocycles. The summed E-state index contributed by atoms with van der Waals surface area (Å²) in [5.41, 5.74) is 1.97. The summed E-state index contributed by atoms with van der Waals surface area (Å²) in [7, 11) is -0.996. The summed E-state index contributed by atoms with van der Waals surface area (Å²) in [6.45, 7) is 1.91. The lowest BCUT2D eigenvalue weighted by Crippen LogP contribution is -2.05. The van der Waals surface area contributed by atoms with Crippen molar-refractivity contribution >= 4 is 10.8 Å². The van der Waals surface area contributed by atoms with Gasteiger partial charge in [-0.15, -0.1) is 0 Å². The second-order valence-corrected chi connectivity index (χ2v) is 5.96. The second-order valence-electron chi connectivity index (χ2n) is 4.20. The van der Waals surface area contributed by atoms with Crippen LogP contribution in [0.1, 0.15) is 23.3 Å². The van der Waals surface area contributed by atoms with E-state index in [1.54, 1.807) is 12.1 Å². The molecule has 0 saturated carbocycles. The first-order valence-electron chi connectivity index (χ1n) is 5.83. The number of halogens is 1. The summed E-state index contributed by atoms with van der Waals surface area (Å²) in [4.78, 5) is 0. The Bertz CT molecular complexity index is 522. The van der Waals surface area contributed by atoms with E-state index in [4.69, 9.17) is 0 Å². The number of benzene rings is 2. The lowest BCUT2D eigenvalue weighted by molar-refractivity contribution is 0.626. The molecule has 2 atom stereocenters. The number of hydrogen-bond acceptors (Lipinski definition) is 1. The highest BCUT2D eigenvalue weighted by molar-refractivity contribution is 7.84. The zero-order valence-electron chi connectivity index (χ0n) is 10.2. The Morgan fingerprint density at radius 2 is 1.67 bits per heavy atom. The molecule has 0 fully saturated rings. The SMILES string of the molecule is C[C@@H](c1ccc(F)cc1)[S@](=O)Cc1ccccc1. The van der Waals surface area contributed by atoms with E-state index in [0.717, 1.165) is 11.1 Å². The highest BCUT2D eigenvalue weighted by Crippen LogP contribution is 2.22.